The van der Waals surface area contributed by atoms with Crippen LogP contribution in [0.3, 0.4) is 0 Å². The van der Waals surface area contributed by atoms with Crippen LogP contribution >= 0.6 is 0 Å². The van der Waals surface area contributed by atoms with Crippen LogP contribution in [0.1, 0.15) is 21.5 Å². The predicted molar refractivity (Wildman–Crippen MR) is 68.1 cm³/mol. The standard InChI is InChI=1S/C15H11F3O2/c1-10-2-5-13(6-3-10)20-14-7-4-12(15(16,17)18)8-11(14)9-19/h2-9H,1H3. The lowest BCUT2D eigenvalue weighted by atomic mass is 10.1. The molecule has 0 spiro atoms. The Morgan fingerprint density at radius 2 is 1.70 bits per heavy atom. The highest BCUT2D eigenvalue weighted by Crippen LogP contribution is 2.33. The summed E-state index contributed by atoms with van der Waals surface area (Å²) in [5.74, 6) is 0.551. The second-order valence-electron chi connectivity index (χ2n) is 4.28. The van der Waals surface area contributed by atoms with Crippen LogP contribution in [-0.4, -0.2) is 6.29 Å². The molecule has 0 aromatic heterocycles. The lowest BCUT2D eigenvalue weighted by molar-refractivity contribution is -0.137. The molecule has 0 unspecified atom stereocenters. The molecule has 0 fully saturated rings. The van der Waals surface area contributed by atoms with Crippen LogP contribution < -0.4 is 4.74 Å². The number of ether oxygens (including phenoxy) is 1. The molecule has 2 nitrogen and oxygen atoms in total. The molecule has 0 amide bonds. The lowest BCUT2D eigenvalue weighted by Crippen LogP contribution is -2.05. The van der Waals surface area contributed by atoms with E-state index < -0.39 is 11.7 Å². The van der Waals surface area contributed by atoms with Gasteiger partial charge in [0.2, 0.25) is 0 Å². The van der Waals surface area contributed by atoms with Crippen LogP contribution in [0.15, 0.2) is 42.5 Å². The second-order valence-corrected chi connectivity index (χ2v) is 4.28. The third kappa shape index (κ3) is 3.17. The van der Waals surface area contributed by atoms with Crippen molar-refractivity contribution in [3.63, 3.8) is 0 Å². The van der Waals surface area contributed by atoms with Crippen molar-refractivity contribution in [3.05, 3.63) is 59.2 Å². The summed E-state index contributed by atoms with van der Waals surface area (Å²) in [4.78, 5) is 10.9. The Labute approximate surface area is 113 Å². The summed E-state index contributed by atoms with van der Waals surface area (Å²) >= 11 is 0. The van der Waals surface area contributed by atoms with Gasteiger partial charge in [0.15, 0.2) is 6.29 Å². The molecule has 0 aliphatic carbocycles. The van der Waals surface area contributed by atoms with Gasteiger partial charge >= 0.3 is 6.18 Å². The number of benzene rings is 2. The van der Waals surface area contributed by atoms with Gasteiger partial charge in [0.1, 0.15) is 11.5 Å². The van der Waals surface area contributed by atoms with Crippen LogP contribution in [-0.2, 0) is 6.18 Å². The highest BCUT2D eigenvalue weighted by Gasteiger charge is 2.31. The summed E-state index contributed by atoms with van der Waals surface area (Å²) in [6, 6.07) is 9.78. The molecule has 0 heterocycles. The molecule has 0 aliphatic rings. The Kier molecular flexibility index (Phi) is 3.79. The first-order valence-electron chi connectivity index (χ1n) is 5.81. The zero-order valence-corrected chi connectivity index (χ0v) is 10.6. The first-order chi connectivity index (χ1) is 9.40. The maximum absolute atomic E-state index is 12.6. The van der Waals surface area contributed by atoms with Crippen molar-refractivity contribution in [2.24, 2.45) is 0 Å². The van der Waals surface area contributed by atoms with Crippen LogP contribution in [0.5, 0.6) is 11.5 Å². The van der Waals surface area contributed by atoms with E-state index >= 15 is 0 Å². The minimum absolute atomic E-state index is 0.0943. The first kappa shape index (κ1) is 14.1. The van der Waals surface area contributed by atoms with Gasteiger partial charge in [-0.25, -0.2) is 0 Å². The molecule has 2 aromatic carbocycles. The van der Waals surface area contributed by atoms with Gasteiger partial charge in [0.25, 0.3) is 0 Å². The largest absolute Gasteiger partial charge is 0.457 e. The summed E-state index contributed by atoms with van der Waals surface area (Å²) in [7, 11) is 0. The minimum Gasteiger partial charge on any atom is -0.457 e. The highest BCUT2D eigenvalue weighted by atomic mass is 19.4. The monoisotopic (exact) mass is 280 g/mol. The zero-order valence-electron chi connectivity index (χ0n) is 10.6. The maximum Gasteiger partial charge on any atom is 0.416 e. The third-order valence-electron chi connectivity index (χ3n) is 2.71. The zero-order chi connectivity index (χ0) is 14.8. The molecule has 0 atom stereocenters. The number of aryl methyl sites for hydroxylation is 1. The van der Waals surface area contributed by atoms with Gasteiger partial charge in [0, 0.05) is 0 Å². The van der Waals surface area contributed by atoms with Gasteiger partial charge < -0.3 is 4.74 Å². The van der Waals surface area contributed by atoms with Crippen molar-refractivity contribution >= 4 is 6.29 Å². The van der Waals surface area contributed by atoms with Gasteiger partial charge in [-0.15, -0.1) is 0 Å². The Hall–Kier alpha value is -2.30. The average molecular weight is 280 g/mol. The molecule has 0 N–H and O–H groups in total. The third-order valence-corrected chi connectivity index (χ3v) is 2.71. The topological polar surface area (TPSA) is 26.3 Å². The van der Waals surface area contributed by atoms with Gasteiger partial charge in [-0.3, -0.25) is 4.79 Å². The number of hydrogen-bond acceptors (Lipinski definition) is 2. The quantitative estimate of drug-likeness (QED) is 0.767. The lowest BCUT2D eigenvalue weighted by Gasteiger charge is -2.11. The Morgan fingerprint density at radius 1 is 1.05 bits per heavy atom. The molecular formula is C15H11F3O2. The normalized spacial score (nSPS) is 11.2. The van der Waals surface area contributed by atoms with E-state index in [1.165, 1.54) is 0 Å². The van der Waals surface area contributed by atoms with Gasteiger partial charge in [0.05, 0.1) is 11.1 Å². The number of carbonyl (C=O) groups excluding carboxylic acids is 1. The van der Waals surface area contributed by atoms with Crippen LogP contribution in [0, 0.1) is 6.92 Å². The van der Waals surface area contributed by atoms with E-state index in [0.717, 1.165) is 23.8 Å². The van der Waals surface area contributed by atoms with E-state index in [9.17, 15) is 18.0 Å². The van der Waals surface area contributed by atoms with E-state index in [4.69, 9.17) is 4.74 Å². The fourth-order valence-electron chi connectivity index (χ4n) is 1.64. The van der Waals surface area contributed by atoms with Gasteiger partial charge in [-0.1, -0.05) is 17.7 Å². The molecule has 2 rings (SSSR count). The fraction of sp³-hybridized carbons (Fsp3) is 0.133. The van der Waals surface area contributed by atoms with Crippen molar-refractivity contribution in [1.82, 2.24) is 0 Å². The van der Waals surface area contributed by atoms with Crippen molar-refractivity contribution in [2.45, 2.75) is 13.1 Å². The van der Waals surface area contributed by atoms with Gasteiger partial charge in [-0.05, 0) is 37.3 Å². The molecule has 0 saturated carbocycles. The summed E-state index contributed by atoms with van der Waals surface area (Å²) in [5.41, 5.74) is 0.0108. The van der Waals surface area contributed by atoms with E-state index in [1.54, 1.807) is 24.3 Å². The number of rotatable bonds is 3. The second kappa shape index (κ2) is 5.36. The smallest absolute Gasteiger partial charge is 0.416 e. The summed E-state index contributed by atoms with van der Waals surface area (Å²) < 4.78 is 43.1. The number of hydrogen-bond donors (Lipinski definition) is 0. The van der Waals surface area contributed by atoms with Crippen LogP contribution in [0.2, 0.25) is 0 Å². The van der Waals surface area contributed by atoms with E-state index in [1.807, 2.05) is 6.92 Å². The molecule has 2 aromatic rings. The Bertz CT molecular complexity index is 616. The maximum atomic E-state index is 12.6. The molecule has 0 saturated heterocycles. The Morgan fingerprint density at radius 3 is 2.25 bits per heavy atom. The summed E-state index contributed by atoms with van der Waals surface area (Å²) in [6.07, 6.45) is -4.14. The number of alkyl halides is 3. The summed E-state index contributed by atoms with van der Waals surface area (Å²) in [5, 5.41) is 0. The molecule has 0 radical (unpaired) electrons. The minimum atomic E-state index is -4.49. The molecule has 0 bridgehead atoms. The van der Waals surface area contributed by atoms with E-state index in [2.05, 4.69) is 0 Å². The first-order valence-corrected chi connectivity index (χ1v) is 5.81. The number of halogens is 3. The van der Waals surface area contributed by atoms with Crippen molar-refractivity contribution in [3.8, 4) is 11.5 Å². The predicted octanol–water partition coefficient (Wildman–Crippen LogP) is 4.62. The Balaban J connectivity index is 2.32. The molecular weight excluding hydrogens is 269 g/mol. The van der Waals surface area contributed by atoms with Crippen molar-refractivity contribution in [1.29, 1.82) is 0 Å². The molecule has 0 aliphatic heterocycles. The average Bonchev–Trinajstić information content (AvgIpc) is 2.40. The van der Waals surface area contributed by atoms with Gasteiger partial charge in [-0.2, -0.15) is 13.2 Å². The van der Waals surface area contributed by atoms with Crippen LogP contribution in [0.4, 0.5) is 13.2 Å². The highest BCUT2D eigenvalue weighted by molar-refractivity contribution is 5.80. The SMILES string of the molecule is Cc1ccc(Oc2ccc(C(F)(F)F)cc2C=O)cc1. The number of aldehydes is 1. The summed E-state index contributed by atoms with van der Waals surface area (Å²) in [6.45, 7) is 1.90. The fourth-order valence-corrected chi connectivity index (χ4v) is 1.64. The van der Waals surface area contributed by atoms with E-state index in [-0.39, 0.29) is 11.3 Å². The number of carbonyl (C=O) groups is 1. The van der Waals surface area contributed by atoms with Crippen molar-refractivity contribution in [2.75, 3.05) is 0 Å². The molecule has 20 heavy (non-hydrogen) atoms. The molecule has 5 heteroatoms. The van der Waals surface area contributed by atoms with Crippen LogP contribution in [0.25, 0.3) is 0 Å². The van der Waals surface area contributed by atoms with E-state index in [0.29, 0.717) is 12.0 Å². The molecule has 104 valence electrons. The van der Waals surface area contributed by atoms with Crippen molar-refractivity contribution < 1.29 is 22.7 Å².